The lowest BCUT2D eigenvalue weighted by Gasteiger charge is -2.43. The molecule has 1 aliphatic carbocycles. The lowest BCUT2D eigenvalue weighted by atomic mass is 9.79. The molecule has 0 bridgehead atoms. The van der Waals surface area contributed by atoms with Gasteiger partial charge in [-0.25, -0.2) is 8.78 Å². The van der Waals surface area contributed by atoms with Crippen molar-refractivity contribution in [3.05, 3.63) is 35.4 Å². The predicted octanol–water partition coefficient (Wildman–Crippen LogP) is 3.94. The van der Waals surface area contributed by atoms with Gasteiger partial charge >= 0.3 is 0 Å². The number of hydrogen-bond acceptors (Lipinski definition) is 2. The van der Waals surface area contributed by atoms with Crippen molar-refractivity contribution in [3.8, 4) is 0 Å². The second-order valence-electron chi connectivity index (χ2n) is 7.18. The maximum Gasteiger partial charge on any atom is 0.240 e. The maximum atomic E-state index is 13.4. The van der Waals surface area contributed by atoms with Gasteiger partial charge in [0.1, 0.15) is 17.2 Å². The summed E-state index contributed by atoms with van der Waals surface area (Å²) in [6.07, 6.45) is 7.33. The fourth-order valence-electron chi connectivity index (χ4n) is 4.21. The van der Waals surface area contributed by atoms with Crippen LogP contribution in [0, 0.1) is 11.6 Å². The van der Waals surface area contributed by atoms with E-state index >= 15 is 0 Å². The summed E-state index contributed by atoms with van der Waals surface area (Å²) < 4.78 is 26.9. The molecule has 1 aromatic carbocycles. The molecule has 3 rings (SSSR count). The molecule has 1 saturated heterocycles. The third kappa shape index (κ3) is 3.46. The molecule has 1 atom stereocenters. The Hall–Kier alpha value is -1.49. The summed E-state index contributed by atoms with van der Waals surface area (Å²) in [5, 5.41) is 3.02. The molecular formula is C19H26F2N2O. The Morgan fingerprint density at radius 3 is 2.21 bits per heavy atom. The number of likely N-dealkylation sites (tertiary alicyclic amines) is 1. The summed E-state index contributed by atoms with van der Waals surface area (Å²) in [5.74, 6) is -1.21. The molecule has 0 aromatic heterocycles. The zero-order valence-electron chi connectivity index (χ0n) is 14.3. The van der Waals surface area contributed by atoms with Crippen LogP contribution in [0.15, 0.2) is 18.2 Å². The smallest absolute Gasteiger partial charge is 0.240 e. The third-order valence-electron chi connectivity index (χ3n) is 5.55. The number of amides is 1. The minimum absolute atomic E-state index is 0.0151. The molecular weight excluding hydrogens is 310 g/mol. The molecule has 1 aromatic rings. The molecule has 3 nitrogen and oxygen atoms in total. The fraction of sp³-hybridized carbons (Fsp3) is 0.632. The Balaban J connectivity index is 1.77. The monoisotopic (exact) mass is 336 g/mol. The van der Waals surface area contributed by atoms with Crippen LogP contribution in [0.1, 0.15) is 63.5 Å². The molecule has 5 heteroatoms. The highest BCUT2D eigenvalue weighted by Crippen LogP contribution is 2.36. The van der Waals surface area contributed by atoms with Crippen LogP contribution in [0.2, 0.25) is 0 Å². The van der Waals surface area contributed by atoms with Gasteiger partial charge < -0.3 is 5.32 Å². The summed E-state index contributed by atoms with van der Waals surface area (Å²) in [5.41, 5.74) is 0.0303. The fourth-order valence-corrected chi connectivity index (χ4v) is 4.21. The molecule has 1 unspecified atom stereocenters. The number of nitrogens with zero attached hydrogens (tertiary/aromatic N) is 1. The molecule has 1 amide bonds. The van der Waals surface area contributed by atoms with Gasteiger partial charge in [-0.1, -0.05) is 19.3 Å². The molecule has 132 valence electrons. The van der Waals surface area contributed by atoms with Crippen molar-refractivity contribution in [1.29, 1.82) is 0 Å². The first kappa shape index (κ1) is 17.3. The lowest BCUT2D eigenvalue weighted by Crippen LogP contribution is -2.59. The van der Waals surface area contributed by atoms with E-state index in [1.165, 1.54) is 18.6 Å². The van der Waals surface area contributed by atoms with Crippen molar-refractivity contribution in [1.82, 2.24) is 10.2 Å². The number of rotatable bonds is 4. The summed E-state index contributed by atoms with van der Waals surface area (Å²) >= 11 is 0. The van der Waals surface area contributed by atoms with Crippen LogP contribution in [0.25, 0.3) is 0 Å². The topological polar surface area (TPSA) is 32.3 Å². The number of hydrogen-bond donors (Lipinski definition) is 1. The largest absolute Gasteiger partial charge is 0.348 e. The first-order chi connectivity index (χ1) is 11.5. The quantitative estimate of drug-likeness (QED) is 0.903. The molecule has 0 radical (unpaired) electrons. The second-order valence-corrected chi connectivity index (χ2v) is 7.18. The van der Waals surface area contributed by atoms with Gasteiger partial charge in [0.15, 0.2) is 0 Å². The first-order valence-corrected chi connectivity index (χ1v) is 9.03. The minimum Gasteiger partial charge on any atom is -0.348 e. The second kappa shape index (κ2) is 7.18. The lowest BCUT2D eigenvalue weighted by molar-refractivity contribution is -0.136. The average molecular weight is 336 g/mol. The van der Waals surface area contributed by atoms with Crippen molar-refractivity contribution < 1.29 is 13.6 Å². The van der Waals surface area contributed by atoms with E-state index in [-0.39, 0.29) is 5.91 Å². The van der Waals surface area contributed by atoms with Gasteiger partial charge in [-0.15, -0.1) is 0 Å². The van der Waals surface area contributed by atoms with Crippen LogP contribution in [0.3, 0.4) is 0 Å². The van der Waals surface area contributed by atoms with E-state index in [2.05, 4.69) is 10.2 Å². The van der Waals surface area contributed by atoms with Crippen LogP contribution in [0.4, 0.5) is 8.78 Å². The molecule has 24 heavy (non-hydrogen) atoms. The van der Waals surface area contributed by atoms with Crippen molar-refractivity contribution in [2.75, 3.05) is 13.1 Å². The van der Waals surface area contributed by atoms with Crippen molar-refractivity contribution >= 4 is 5.91 Å². The molecule has 1 heterocycles. The van der Waals surface area contributed by atoms with Gasteiger partial charge in [-0.2, -0.15) is 0 Å². The van der Waals surface area contributed by atoms with Crippen molar-refractivity contribution in [3.63, 3.8) is 0 Å². The Labute approximate surface area is 142 Å². The van der Waals surface area contributed by atoms with Gasteiger partial charge in [0, 0.05) is 6.07 Å². The van der Waals surface area contributed by atoms with Gasteiger partial charge in [0.05, 0.1) is 6.04 Å². The number of halogens is 2. The Morgan fingerprint density at radius 1 is 1.04 bits per heavy atom. The van der Waals surface area contributed by atoms with Crippen LogP contribution < -0.4 is 5.32 Å². The standard InChI is InChI=1S/C19H26F2N2O/c1-14(15-11-16(20)13-17(21)12-15)22-18(24)19(7-3-2-4-8-19)23-9-5-6-10-23/h11-14H,2-10H2,1H3,(H,22,24). The van der Waals surface area contributed by atoms with E-state index in [9.17, 15) is 13.6 Å². The predicted molar refractivity (Wildman–Crippen MR) is 89.5 cm³/mol. The summed E-state index contributed by atoms with van der Waals surface area (Å²) in [7, 11) is 0. The maximum absolute atomic E-state index is 13.4. The third-order valence-corrected chi connectivity index (χ3v) is 5.55. The minimum atomic E-state index is -0.613. The summed E-state index contributed by atoms with van der Waals surface area (Å²) in [6.45, 7) is 3.72. The van der Waals surface area contributed by atoms with E-state index in [1.807, 2.05) is 0 Å². The van der Waals surface area contributed by atoms with Gasteiger partial charge in [-0.05, 0) is 63.4 Å². The molecule has 1 saturated carbocycles. The molecule has 2 aliphatic rings. The molecule has 1 N–H and O–H groups in total. The average Bonchev–Trinajstić information content (AvgIpc) is 3.09. The summed E-state index contributed by atoms with van der Waals surface area (Å²) in [6, 6.07) is 3.02. The van der Waals surface area contributed by atoms with Crippen molar-refractivity contribution in [2.24, 2.45) is 0 Å². The summed E-state index contributed by atoms with van der Waals surface area (Å²) in [4.78, 5) is 15.5. The normalized spacial score (nSPS) is 22.3. The Morgan fingerprint density at radius 2 is 1.62 bits per heavy atom. The highest BCUT2D eigenvalue weighted by atomic mass is 19.1. The highest BCUT2D eigenvalue weighted by Gasteiger charge is 2.45. The number of carbonyl (C=O) groups excluding carboxylic acids is 1. The van der Waals surface area contributed by atoms with E-state index in [1.54, 1.807) is 6.92 Å². The Bertz CT molecular complexity index is 573. The number of nitrogens with one attached hydrogen (secondary N) is 1. The Kier molecular flexibility index (Phi) is 5.18. The molecule has 2 fully saturated rings. The van der Waals surface area contributed by atoms with Crippen LogP contribution in [-0.2, 0) is 4.79 Å². The zero-order chi connectivity index (χ0) is 17.2. The molecule has 0 spiro atoms. The van der Waals surface area contributed by atoms with Crippen LogP contribution >= 0.6 is 0 Å². The number of benzene rings is 1. The first-order valence-electron chi connectivity index (χ1n) is 9.03. The van der Waals surface area contributed by atoms with Crippen LogP contribution in [0.5, 0.6) is 0 Å². The van der Waals surface area contributed by atoms with E-state index in [4.69, 9.17) is 0 Å². The molecule has 1 aliphatic heterocycles. The van der Waals surface area contributed by atoms with E-state index in [0.717, 1.165) is 57.7 Å². The van der Waals surface area contributed by atoms with Gasteiger partial charge in [-0.3, -0.25) is 9.69 Å². The van der Waals surface area contributed by atoms with Gasteiger partial charge in [0.2, 0.25) is 5.91 Å². The van der Waals surface area contributed by atoms with Crippen LogP contribution in [-0.4, -0.2) is 29.4 Å². The van der Waals surface area contributed by atoms with E-state index in [0.29, 0.717) is 5.56 Å². The zero-order valence-corrected chi connectivity index (χ0v) is 14.3. The van der Waals surface area contributed by atoms with E-state index < -0.39 is 23.2 Å². The number of carbonyl (C=O) groups is 1. The SMILES string of the molecule is CC(NC(=O)C1(N2CCCC2)CCCCC1)c1cc(F)cc(F)c1. The highest BCUT2D eigenvalue weighted by molar-refractivity contribution is 5.86. The van der Waals surface area contributed by atoms with Crippen molar-refractivity contribution in [2.45, 2.75) is 63.5 Å². The van der Waals surface area contributed by atoms with Gasteiger partial charge in [0.25, 0.3) is 0 Å².